The molecule has 0 aliphatic carbocycles. The number of piperidine rings is 1. The molecular weight excluding hydrogens is 428 g/mol. The van der Waals surface area contributed by atoms with E-state index < -0.39 is 0 Å². The molecule has 31 heavy (non-hydrogen) atoms. The molecule has 0 bridgehead atoms. The Morgan fingerprint density at radius 3 is 2.61 bits per heavy atom. The number of rotatable bonds is 4. The Morgan fingerprint density at radius 1 is 1.23 bits per heavy atom. The van der Waals surface area contributed by atoms with Crippen LogP contribution in [-0.2, 0) is 4.79 Å². The highest BCUT2D eigenvalue weighted by Crippen LogP contribution is 2.35. The maximum Gasteiger partial charge on any atom is 0.267 e. The van der Waals surface area contributed by atoms with Gasteiger partial charge in [0.05, 0.1) is 10.5 Å². The molecule has 1 amide bonds. The molecule has 2 unspecified atom stereocenters. The number of thioether (sulfide) groups is 1. The second kappa shape index (κ2) is 8.74. The molecule has 0 radical (unpaired) electrons. The molecule has 2 fully saturated rings. The normalized spacial score (nSPS) is 23.6. The number of anilines is 1. The number of fused-ring (bicyclic) bond motifs is 1. The number of nitrogens with zero attached hydrogens (tertiary/aromatic N) is 4. The third kappa shape index (κ3) is 4.41. The van der Waals surface area contributed by atoms with E-state index in [4.69, 9.17) is 17.2 Å². The van der Waals surface area contributed by atoms with E-state index in [1.807, 2.05) is 18.2 Å². The zero-order chi connectivity index (χ0) is 22.3. The molecule has 2 atom stereocenters. The smallest absolute Gasteiger partial charge is 0.267 e. The maximum absolute atomic E-state index is 13.5. The number of hydrogen-bond acceptors (Lipinski definition) is 6. The first-order chi connectivity index (χ1) is 14.7. The summed E-state index contributed by atoms with van der Waals surface area (Å²) in [6.07, 6.45) is 4.58. The summed E-state index contributed by atoms with van der Waals surface area (Å²) in [7, 11) is 0. The maximum atomic E-state index is 13.5. The zero-order valence-corrected chi connectivity index (χ0v) is 20.0. The van der Waals surface area contributed by atoms with E-state index in [-0.39, 0.29) is 11.5 Å². The average molecular weight is 457 g/mol. The third-order valence-corrected chi connectivity index (χ3v) is 6.99. The van der Waals surface area contributed by atoms with Crippen molar-refractivity contribution in [3.63, 3.8) is 0 Å². The molecule has 164 valence electrons. The largest absolute Gasteiger partial charge is 0.355 e. The summed E-state index contributed by atoms with van der Waals surface area (Å²) in [6.45, 7) is 10.8. The molecule has 2 aliphatic heterocycles. The van der Waals surface area contributed by atoms with Crippen LogP contribution >= 0.6 is 24.0 Å². The fourth-order valence-electron chi connectivity index (χ4n) is 4.45. The molecule has 6 nitrogen and oxygen atoms in total. The topological polar surface area (TPSA) is 57.9 Å². The summed E-state index contributed by atoms with van der Waals surface area (Å²) in [5.74, 6) is 1.85. The van der Waals surface area contributed by atoms with Crippen molar-refractivity contribution in [2.75, 3.05) is 24.5 Å². The molecule has 4 rings (SSSR count). The van der Waals surface area contributed by atoms with Crippen molar-refractivity contribution in [1.82, 2.24) is 14.3 Å². The molecular formula is C23H28N4O2S2. The lowest BCUT2D eigenvalue weighted by Gasteiger charge is -2.36. The van der Waals surface area contributed by atoms with Crippen LogP contribution in [0, 0.1) is 17.8 Å². The number of amides is 1. The van der Waals surface area contributed by atoms with Crippen molar-refractivity contribution in [2.45, 2.75) is 34.1 Å². The van der Waals surface area contributed by atoms with Crippen molar-refractivity contribution in [1.29, 1.82) is 0 Å². The fourth-order valence-corrected chi connectivity index (χ4v) is 5.70. The van der Waals surface area contributed by atoms with Crippen LogP contribution in [0.5, 0.6) is 0 Å². The molecule has 4 heterocycles. The average Bonchev–Trinajstić information content (AvgIpc) is 2.96. The van der Waals surface area contributed by atoms with E-state index in [1.165, 1.54) is 11.8 Å². The van der Waals surface area contributed by atoms with Crippen LogP contribution in [0.3, 0.4) is 0 Å². The summed E-state index contributed by atoms with van der Waals surface area (Å²) in [4.78, 5) is 35.7. The molecule has 2 saturated heterocycles. The van der Waals surface area contributed by atoms with Crippen molar-refractivity contribution < 1.29 is 4.79 Å². The standard InChI is InChI=1S/C23H28N4O2S2/c1-14(2)11-27-22(29)18(31-23(27)30)10-17-20(25-12-15(3)9-16(4)13-25)24-19-7-5-6-8-26(19)21(17)28/h5-8,10,14-16H,9,11-13H2,1-4H3/b18-10-. The first kappa shape index (κ1) is 22.0. The van der Waals surface area contributed by atoms with Gasteiger partial charge in [-0.05, 0) is 42.4 Å². The Kier molecular flexibility index (Phi) is 6.21. The van der Waals surface area contributed by atoms with Gasteiger partial charge in [0.15, 0.2) is 0 Å². The van der Waals surface area contributed by atoms with Crippen LogP contribution in [0.4, 0.5) is 5.82 Å². The lowest BCUT2D eigenvalue weighted by Crippen LogP contribution is -2.40. The van der Waals surface area contributed by atoms with Gasteiger partial charge in [0.2, 0.25) is 0 Å². The molecule has 0 spiro atoms. The molecule has 0 aromatic carbocycles. The SMILES string of the molecule is CC(C)CN1C(=O)/C(=C/c2c(N3CC(C)CC(C)C3)nc3ccccn3c2=O)SC1=S. The number of thiocarbonyl (C=S) groups is 1. The highest BCUT2D eigenvalue weighted by molar-refractivity contribution is 8.26. The van der Waals surface area contributed by atoms with Crippen LogP contribution in [0.1, 0.15) is 39.7 Å². The Balaban J connectivity index is 1.84. The van der Waals surface area contributed by atoms with Crippen LogP contribution in [-0.4, -0.2) is 44.1 Å². The van der Waals surface area contributed by atoms with E-state index in [0.29, 0.717) is 50.6 Å². The number of pyridine rings is 1. The highest BCUT2D eigenvalue weighted by Gasteiger charge is 2.33. The van der Waals surface area contributed by atoms with E-state index >= 15 is 0 Å². The molecule has 8 heteroatoms. The predicted molar refractivity (Wildman–Crippen MR) is 131 cm³/mol. The first-order valence-electron chi connectivity index (χ1n) is 10.8. The number of carbonyl (C=O) groups is 1. The summed E-state index contributed by atoms with van der Waals surface area (Å²) >= 11 is 6.71. The lowest BCUT2D eigenvalue weighted by molar-refractivity contribution is -0.122. The minimum Gasteiger partial charge on any atom is -0.355 e. The molecule has 2 aliphatic rings. The van der Waals surface area contributed by atoms with Crippen LogP contribution in [0.25, 0.3) is 11.7 Å². The molecule has 0 N–H and O–H groups in total. The summed E-state index contributed by atoms with van der Waals surface area (Å²) < 4.78 is 2.08. The molecule has 0 saturated carbocycles. The van der Waals surface area contributed by atoms with Crippen molar-refractivity contribution in [2.24, 2.45) is 17.8 Å². The molecule has 2 aromatic heterocycles. The van der Waals surface area contributed by atoms with Gasteiger partial charge in [-0.15, -0.1) is 0 Å². The van der Waals surface area contributed by atoms with Gasteiger partial charge >= 0.3 is 0 Å². The van der Waals surface area contributed by atoms with Gasteiger partial charge in [0, 0.05) is 25.8 Å². The Hall–Kier alpha value is -2.19. The van der Waals surface area contributed by atoms with E-state index in [2.05, 4.69) is 32.6 Å². The Bertz CT molecular complexity index is 1110. The van der Waals surface area contributed by atoms with Gasteiger partial charge < -0.3 is 4.90 Å². The van der Waals surface area contributed by atoms with E-state index in [9.17, 15) is 9.59 Å². The van der Waals surface area contributed by atoms with Gasteiger partial charge in [-0.25, -0.2) is 4.98 Å². The quantitative estimate of drug-likeness (QED) is 0.511. The Labute approximate surface area is 192 Å². The van der Waals surface area contributed by atoms with Crippen LogP contribution < -0.4 is 10.5 Å². The summed E-state index contributed by atoms with van der Waals surface area (Å²) in [5, 5.41) is 0. The number of hydrogen-bond donors (Lipinski definition) is 0. The van der Waals surface area contributed by atoms with Crippen molar-refractivity contribution in [3.05, 3.63) is 45.2 Å². The van der Waals surface area contributed by atoms with Gasteiger partial charge in [0.25, 0.3) is 11.5 Å². The van der Waals surface area contributed by atoms with Gasteiger partial charge in [0.1, 0.15) is 15.8 Å². The van der Waals surface area contributed by atoms with Crippen molar-refractivity contribution in [3.8, 4) is 0 Å². The highest BCUT2D eigenvalue weighted by atomic mass is 32.2. The second-order valence-corrected chi connectivity index (χ2v) is 10.8. The van der Waals surface area contributed by atoms with Crippen molar-refractivity contribution >= 4 is 51.7 Å². The van der Waals surface area contributed by atoms with Crippen LogP contribution in [0.15, 0.2) is 34.1 Å². The minimum atomic E-state index is -0.166. The van der Waals surface area contributed by atoms with Gasteiger partial charge in [-0.2, -0.15) is 0 Å². The van der Waals surface area contributed by atoms with Crippen LogP contribution in [0.2, 0.25) is 0 Å². The number of aromatic nitrogens is 2. The van der Waals surface area contributed by atoms with E-state index in [0.717, 1.165) is 19.5 Å². The predicted octanol–water partition coefficient (Wildman–Crippen LogP) is 4.03. The van der Waals surface area contributed by atoms with Gasteiger partial charge in [-0.1, -0.05) is 57.7 Å². The van der Waals surface area contributed by atoms with E-state index in [1.54, 1.807) is 21.6 Å². The number of carbonyl (C=O) groups excluding carboxylic acids is 1. The lowest BCUT2D eigenvalue weighted by atomic mass is 9.91. The zero-order valence-electron chi connectivity index (χ0n) is 18.4. The minimum absolute atomic E-state index is 0.132. The third-order valence-electron chi connectivity index (χ3n) is 5.61. The summed E-state index contributed by atoms with van der Waals surface area (Å²) in [6, 6.07) is 5.53. The fraction of sp³-hybridized carbons (Fsp3) is 0.478. The monoisotopic (exact) mass is 456 g/mol. The molecule has 2 aromatic rings. The first-order valence-corrected chi connectivity index (χ1v) is 12.0. The summed E-state index contributed by atoms with van der Waals surface area (Å²) in [5.41, 5.74) is 0.897. The van der Waals surface area contributed by atoms with Gasteiger partial charge in [-0.3, -0.25) is 18.9 Å². The second-order valence-electron chi connectivity index (χ2n) is 9.12. The Morgan fingerprint density at radius 2 is 1.94 bits per heavy atom.